The van der Waals surface area contributed by atoms with Crippen LogP contribution in [-0.2, 0) is 24.7 Å². The Kier molecular flexibility index (Phi) is 5.68. The summed E-state index contributed by atoms with van der Waals surface area (Å²) in [6.07, 6.45) is 0. The predicted molar refractivity (Wildman–Crippen MR) is 128 cm³/mol. The number of halogens is 2. The van der Waals surface area contributed by atoms with Crippen LogP contribution in [0, 0.1) is 11.8 Å². The van der Waals surface area contributed by atoms with Gasteiger partial charge in [0, 0.05) is 16.1 Å². The van der Waals surface area contributed by atoms with Crippen LogP contribution in [-0.4, -0.2) is 24.9 Å². The van der Waals surface area contributed by atoms with Gasteiger partial charge in [-0.15, -0.1) is 0 Å². The van der Waals surface area contributed by atoms with Gasteiger partial charge in [-0.1, -0.05) is 65.7 Å². The Morgan fingerprint density at radius 3 is 2.26 bits per heavy atom. The SMILES string of the molecule is COC(=O)[C@]1(c2ccccc2)N[C@@H](c2cccc(Cl)c2)[C@H]2C(=O)N(c3ccc(Cl)cc3)C(=O)[C@H]21. The number of methoxy groups -OCH3 is 1. The normalized spacial score (nSPS) is 26.0. The van der Waals surface area contributed by atoms with E-state index < -0.39 is 41.2 Å². The molecule has 4 atom stereocenters. The first-order valence-corrected chi connectivity index (χ1v) is 11.4. The largest absolute Gasteiger partial charge is 0.467 e. The zero-order chi connectivity index (χ0) is 24.0. The van der Waals surface area contributed by atoms with E-state index in [1.165, 1.54) is 7.11 Å². The first-order valence-electron chi connectivity index (χ1n) is 10.7. The summed E-state index contributed by atoms with van der Waals surface area (Å²) >= 11 is 12.3. The number of ether oxygens (including phenoxy) is 1. The van der Waals surface area contributed by atoms with Gasteiger partial charge < -0.3 is 4.74 Å². The number of anilines is 1. The van der Waals surface area contributed by atoms with E-state index in [9.17, 15) is 14.4 Å². The Labute approximate surface area is 206 Å². The zero-order valence-electron chi connectivity index (χ0n) is 18.1. The van der Waals surface area contributed by atoms with Crippen LogP contribution in [0.4, 0.5) is 5.69 Å². The molecule has 0 bridgehead atoms. The number of benzene rings is 3. The van der Waals surface area contributed by atoms with Crippen molar-refractivity contribution in [1.82, 2.24) is 5.32 Å². The van der Waals surface area contributed by atoms with Gasteiger partial charge in [-0.05, 0) is 47.5 Å². The van der Waals surface area contributed by atoms with Gasteiger partial charge in [-0.25, -0.2) is 9.69 Å². The highest BCUT2D eigenvalue weighted by Crippen LogP contribution is 2.54. The van der Waals surface area contributed by atoms with Crippen molar-refractivity contribution in [2.75, 3.05) is 12.0 Å². The number of nitrogens with one attached hydrogen (secondary N) is 1. The predicted octanol–water partition coefficient (Wildman–Crippen LogP) is 4.51. The lowest BCUT2D eigenvalue weighted by molar-refractivity contribution is -0.152. The number of nitrogens with zero attached hydrogens (tertiary/aromatic N) is 1. The van der Waals surface area contributed by atoms with Crippen molar-refractivity contribution in [2.45, 2.75) is 11.6 Å². The second-order valence-corrected chi connectivity index (χ2v) is 9.21. The summed E-state index contributed by atoms with van der Waals surface area (Å²) < 4.78 is 5.22. The second-order valence-electron chi connectivity index (χ2n) is 8.33. The molecule has 0 spiro atoms. The quantitative estimate of drug-likeness (QED) is 0.426. The topological polar surface area (TPSA) is 75.7 Å². The van der Waals surface area contributed by atoms with Crippen LogP contribution in [0.25, 0.3) is 0 Å². The molecule has 0 radical (unpaired) electrons. The molecule has 2 aliphatic heterocycles. The lowest BCUT2D eigenvalue weighted by Crippen LogP contribution is -2.53. The molecule has 172 valence electrons. The summed E-state index contributed by atoms with van der Waals surface area (Å²) in [6, 6.07) is 21.7. The maximum atomic E-state index is 13.9. The molecular weight excluding hydrogens is 475 g/mol. The lowest BCUT2D eigenvalue weighted by atomic mass is 9.75. The summed E-state index contributed by atoms with van der Waals surface area (Å²) in [5, 5.41) is 4.30. The zero-order valence-corrected chi connectivity index (χ0v) is 19.6. The van der Waals surface area contributed by atoms with Crippen molar-refractivity contribution >= 4 is 46.7 Å². The first kappa shape index (κ1) is 22.6. The number of hydrogen-bond acceptors (Lipinski definition) is 5. The number of carbonyl (C=O) groups excluding carboxylic acids is 3. The Bertz CT molecular complexity index is 1280. The van der Waals surface area contributed by atoms with Crippen molar-refractivity contribution < 1.29 is 19.1 Å². The van der Waals surface area contributed by atoms with Gasteiger partial charge in [0.15, 0.2) is 5.54 Å². The van der Waals surface area contributed by atoms with Crippen LogP contribution in [0.1, 0.15) is 17.2 Å². The summed E-state index contributed by atoms with van der Waals surface area (Å²) in [5.74, 6) is -3.42. The van der Waals surface area contributed by atoms with Crippen LogP contribution in [0.2, 0.25) is 10.0 Å². The second kappa shape index (κ2) is 8.55. The highest BCUT2D eigenvalue weighted by molar-refractivity contribution is 6.31. The monoisotopic (exact) mass is 494 g/mol. The number of rotatable bonds is 4. The average molecular weight is 495 g/mol. The van der Waals surface area contributed by atoms with Gasteiger partial charge in [0.05, 0.1) is 24.6 Å². The Hall–Kier alpha value is -3.19. The highest BCUT2D eigenvalue weighted by atomic mass is 35.5. The summed E-state index contributed by atoms with van der Waals surface area (Å²) in [4.78, 5) is 42.4. The van der Waals surface area contributed by atoms with Crippen LogP contribution >= 0.6 is 23.2 Å². The van der Waals surface area contributed by atoms with Gasteiger partial charge in [0.25, 0.3) is 0 Å². The number of imide groups is 1. The molecule has 0 aromatic heterocycles. The molecule has 2 heterocycles. The van der Waals surface area contributed by atoms with E-state index in [1.54, 1.807) is 66.7 Å². The highest BCUT2D eigenvalue weighted by Gasteiger charge is 2.69. The minimum atomic E-state index is -1.57. The van der Waals surface area contributed by atoms with Gasteiger partial charge in [-0.2, -0.15) is 0 Å². The molecule has 2 amide bonds. The van der Waals surface area contributed by atoms with Crippen molar-refractivity contribution in [3.8, 4) is 0 Å². The van der Waals surface area contributed by atoms with E-state index in [0.717, 1.165) is 4.90 Å². The number of esters is 1. The fourth-order valence-electron chi connectivity index (χ4n) is 5.17. The van der Waals surface area contributed by atoms with Crippen molar-refractivity contribution in [2.24, 2.45) is 11.8 Å². The van der Waals surface area contributed by atoms with Gasteiger partial charge >= 0.3 is 5.97 Å². The van der Waals surface area contributed by atoms with Crippen LogP contribution in [0.3, 0.4) is 0 Å². The third-order valence-electron chi connectivity index (χ3n) is 6.59. The molecule has 3 aromatic rings. The molecule has 5 rings (SSSR count). The smallest absolute Gasteiger partial charge is 0.331 e. The van der Waals surface area contributed by atoms with E-state index in [2.05, 4.69) is 5.32 Å². The molecule has 8 heteroatoms. The van der Waals surface area contributed by atoms with Crippen LogP contribution in [0.15, 0.2) is 78.9 Å². The average Bonchev–Trinajstić information content (AvgIpc) is 3.34. The third-order valence-corrected chi connectivity index (χ3v) is 7.08. The molecule has 2 saturated heterocycles. The molecule has 2 aliphatic rings. The number of fused-ring (bicyclic) bond motifs is 1. The molecule has 6 nitrogen and oxygen atoms in total. The van der Waals surface area contributed by atoms with E-state index >= 15 is 0 Å². The number of carbonyl (C=O) groups is 3. The Morgan fingerprint density at radius 2 is 1.62 bits per heavy atom. The van der Waals surface area contributed by atoms with Gasteiger partial charge in [-0.3, -0.25) is 14.9 Å². The minimum absolute atomic E-state index is 0.394. The number of amides is 2. The summed E-state index contributed by atoms with van der Waals surface area (Å²) in [7, 11) is 1.27. The molecule has 0 unspecified atom stereocenters. The Morgan fingerprint density at radius 1 is 0.912 bits per heavy atom. The fourth-order valence-corrected chi connectivity index (χ4v) is 5.50. The molecule has 2 fully saturated rings. The van der Waals surface area contributed by atoms with Crippen LogP contribution < -0.4 is 10.2 Å². The van der Waals surface area contributed by atoms with E-state index in [-0.39, 0.29) is 0 Å². The minimum Gasteiger partial charge on any atom is -0.467 e. The van der Waals surface area contributed by atoms with Gasteiger partial charge in [0.1, 0.15) is 0 Å². The maximum absolute atomic E-state index is 13.9. The molecule has 0 aliphatic carbocycles. The first-order chi connectivity index (χ1) is 16.4. The maximum Gasteiger partial charge on any atom is 0.331 e. The summed E-state index contributed by atoms with van der Waals surface area (Å²) in [6.45, 7) is 0. The third kappa shape index (κ3) is 3.33. The van der Waals surface area contributed by atoms with E-state index in [4.69, 9.17) is 27.9 Å². The Balaban J connectivity index is 1.73. The molecule has 3 aromatic carbocycles. The lowest BCUT2D eigenvalue weighted by Gasteiger charge is -2.33. The van der Waals surface area contributed by atoms with Crippen molar-refractivity contribution in [3.05, 3.63) is 100 Å². The van der Waals surface area contributed by atoms with E-state index in [1.807, 2.05) is 12.1 Å². The van der Waals surface area contributed by atoms with Crippen LogP contribution in [0.5, 0.6) is 0 Å². The molecule has 1 N–H and O–H groups in total. The summed E-state index contributed by atoms with van der Waals surface area (Å²) in [5.41, 5.74) is 0.0657. The van der Waals surface area contributed by atoms with Crippen molar-refractivity contribution in [3.63, 3.8) is 0 Å². The van der Waals surface area contributed by atoms with Crippen molar-refractivity contribution in [1.29, 1.82) is 0 Å². The molecule has 0 saturated carbocycles. The fraction of sp³-hybridized carbons (Fsp3) is 0.192. The molecular formula is C26H20Cl2N2O4. The number of hydrogen-bond donors (Lipinski definition) is 1. The molecule has 34 heavy (non-hydrogen) atoms. The van der Waals surface area contributed by atoms with Gasteiger partial charge in [0.2, 0.25) is 11.8 Å². The van der Waals surface area contributed by atoms with E-state index in [0.29, 0.717) is 26.9 Å². The standard InChI is InChI=1S/C26H20Cl2N2O4/c1-34-25(33)26(16-7-3-2-4-8-16)21-20(22(29-26)15-6-5-9-18(28)14-15)23(31)30(24(21)32)19-12-10-17(27)11-13-19/h2-14,20-22,29H,1H3/t20-,21-,22-,26+/m0/s1.